The van der Waals surface area contributed by atoms with Crippen molar-refractivity contribution in [3.05, 3.63) is 35.1 Å². The van der Waals surface area contributed by atoms with Crippen molar-refractivity contribution in [3.8, 4) is 16.6 Å². The number of thiophene rings is 1. The van der Waals surface area contributed by atoms with Crippen molar-refractivity contribution >= 4 is 22.8 Å². The molecular weight excluding hydrogens is 308 g/mol. The molecule has 1 fully saturated rings. The summed E-state index contributed by atoms with van der Waals surface area (Å²) < 4.78 is 2.00. The van der Waals surface area contributed by atoms with Crippen LogP contribution in [0.3, 0.4) is 0 Å². The number of imidazole rings is 1. The van der Waals surface area contributed by atoms with E-state index in [0.29, 0.717) is 22.3 Å². The molecule has 0 aliphatic carbocycles. The van der Waals surface area contributed by atoms with Crippen LogP contribution in [0.25, 0.3) is 16.2 Å². The van der Waals surface area contributed by atoms with E-state index < -0.39 is 0 Å². The van der Waals surface area contributed by atoms with Gasteiger partial charge in [0.1, 0.15) is 10.9 Å². The first kappa shape index (κ1) is 14.2. The lowest BCUT2D eigenvalue weighted by Crippen LogP contribution is -2.28. The Labute approximate surface area is 137 Å². The van der Waals surface area contributed by atoms with Gasteiger partial charge in [0.15, 0.2) is 11.5 Å². The number of nitrogens with zero attached hydrogens (tertiary/aromatic N) is 4. The Hall–Kier alpha value is -2.43. The fourth-order valence-electron chi connectivity index (χ4n) is 3.03. The van der Waals surface area contributed by atoms with E-state index in [9.17, 15) is 0 Å². The number of nitriles is 1. The number of nitrogens with one attached hydrogen (secondary N) is 1. The highest BCUT2D eigenvalue weighted by molar-refractivity contribution is 7.15. The van der Waals surface area contributed by atoms with Gasteiger partial charge in [0.2, 0.25) is 0 Å². The molecule has 1 saturated heterocycles. The number of nitrogens with two attached hydrogens (primary N) is 1. The predicted molar refractivity (Wildman–Crippen MR) is 90.3 cm³/mol. The summed E-state index contributed by atoms with van der Waals surface area (Å²) in [5, 5.41) is 12.4. The van der Waals surface area contributed by atoms with Crippen LogP contribution in [0.5, 0.6) is 0 Å². The number of nitrogen functional groups attached to an aromatic ring is 1. The number of anilines is 1. The highest BCUT2D eigenvalue weighted by Gasteiger charge is 2.20. The third kappa shape index (κ3) is 2.46. The van der Waals surface area contributed by atoms with Gasteiger partial charge in [0.25, 0.3) is 0 Å². The van der Waals surface area contributed by atoms with Gasteiger partial charge in [0, 0.05) is 18.7 Å². The maximum Gasteiger partial charge on any atom is 0.180 e. The van der Waals surface area contributed by atoms with Crippen LogP contribution in [0.1, 0.15) is 29.3 Å². The third-order valence-corrected chi connectivity index (χ3v) is 5.24. The van der Waals surface area contributed by atoms with Crippen LogP contribution in [-0.2, 0) is 0 Å². The predicted octanol–water partition coefficient (Wildman–Crippen LogP) is 2.38. The molecule has 0 saturated carbocycles. The average Bonchev–Trinajstić information content (AvgIpc) is 3.23. The summed E-state index contributed by atoms with van der Waals surface area (Å²) in [5.74, 6) is 0.842. The van der Waals surface area contributed by atoms with E-state index in [0.717, 1.165) is 42.2 Å². The van der Waals surface area contributed by atoms with Gasteiger partial charge in [-0.3, -0.25) is 4.40 Å². The van der Waals surface area contributed by atoms with Gasteiger partial charge in [-0.2, -0.15) is 5.26 Å². The van der Waals surface area contributed by atoms with Gasteiger partial charge in [-0.1, -0.05) is 0 Å². The first-order chi connectivity index (χ1) is 11.3. The van der Waals surface area contributed by atoms with Gasteiger partial charge in [0.05, 0.1) is 22.5 Å². The maximum absolute atomic E-state index is 9.03. The minimum absolute atomic E-state index is 0.411. The van der Waals surface area contributed by atoms with Crippen molar-refractivity contribution in [2.45, 2.75) is 18.8 Å². The van der Waals surface area contributed by atoms with Crippen molar-refractivity contribution < 1.29 is 0 Å². The van der Waals surface area contributed by atoms with Crippen LogP contribution in [-0.4, -0.2) is 27.5 Å². The summed E-state index contributed by atoms with van der Waals surface area (Å²) in [4.78, 5) is 10.7. The van der Waals surface area contributed by atoms with Gasteiger partial charge >= 0.3 is 0 Å². The molecule has 1 atom stereocenters. The number of hydrogen-bond acceptors (Lipinski definition) is 6. The van der Waals surface area contributed by atoms with E-state index in [-0.39, 0.29) is 0 Å². The monoisotopic (exact) mass is 324 g/mol. The van der Waals surface area contributed by atoms with Gasteiger partial charge in [-0.25, -0.2) is 9.97 Å². The molecule has 6 nitrogen and oxygen atoms in total. The van der Waals surface area contributed by atoms with E-state index in [4.69, 9.17) is 16.0 Å². The Balaban J connectivity index is 1.84. The Morgan fingerprint density at radius 1 is 1.43 bits per heavy atom. The average molecular weight is 324 g/mol. The molecule has 4 heterocycles. The Bertz CT molecular complexity index is 897. The third-order valence-electron chi connectivity index (χ3n) is 4.22. The molecule has 3 N–H and O–H groups in total. The summed E-state index contributed by atoms with van der Waals surface area (Å²) >= 11 is 1.45. The lowest BCUT2D eigenvalue weighted by molar-refractivity contribution is 0.456. The number of fused-ring (bicyclic) bond motifs is 1. The number of aromatic nitrogens is 3. The smallest absolute Gasteiger partial charge is 0.180 e. The summed E-state index contributed by atoms with van der Waals surface area (Å²) in [5.41, 5.74) is 8.68. The van der Waals surface area contributed by atoms with Gasteiger partial charge in [-0.05, 0) is 31.5 Å². The second kappa shape index (κ2) is 5.65. The molecule has 1 aliphatic heterocycles. The van der Waals surface area contributed by atoms with Crippen LogP contribution in [0.15, 0.2) is 24.5 Å². The minimum atomic E-state index is 0.411. The van der Waals surface area contributed by atoms with Crippen molar-refractivity contribution in [2.75, 3.05) is 18.8 Å². The van der Waals surface area contributed by atoms with Crippen LogP contribution < -0.4 is 11.1 Å². The van der Waals surface area contributed by atoms with Crippen molar-refractivity contribution in [2.24, 2.45) is 0 Å². The molecule has 3 aromatic heterocycles. The standard InChI is InChI=1S/C16H16N6S/c17-6-11-3-4-14(23-11)13-8-20-15(18)16-21-12(9-22(13)16)10-2-1-5-19-7-10/h3-4,8-10,19H,1-2,5,7H2,(H2,18,20)/t10-/m0/s1. The fraction of sp³-hybridized carbons (Fsp3) is 0.312. The molecule has 4 rings (SSSR count). The number of rotatable bonds is 2. The largest absolute Gasteiger partial charge is 0.381 e. The fourth-order valence-corrected chi connectivity index (χ4v) is 3.84. The van der Waals surface area contributed by atoms with E-state index in [1.54, 1.807) is 6.20 Å². The molecule has 7 heteroatoms. The number of piperidine rings is 1. The van der Waals surface area contributed by atoms with E-state index in [2.05, 4.69) is 22.6 Å². The molecule has 116 valence electrons. The quantitative estimate of drug-likeness (QED) is 0.755. The molecule has 0 radical (unpaired) electrons. The zero-order chi connectivity index (χ0) is 15.8. The lowest BCUT2D eigenvalue weighted by atomic mass is 9.97. The topological polar surface area (TPSA) is 92.0 Å². The molecule has 1 aliphatic rings. The van der Waals surface area contributed by atoms with Crippen molar-refractivity contribution in [1.29, 1.82) is 5.26 Å². The molecule has 0 spiro atoms. The van der Waals surface area contributed by atoms with Crippen molar-refractivity contribution in [3.63, 3.8) is 0 Å². The zero-order valence-corrected chi connectivity index (χ0v) is 13.3. The van der Waals surface area contributed by atoms with Crippen LogP contribution in [0.4, 0.5) is 5.82 Å². The summed E-state index contributed by atoms with van der Waals surface area (Å²) in [7, 11) is 0. The first-order valence-corrected chi connectivity index (χ1v) is 8.42. The highest BCUT2D eigenvalue weighted by atomic mass is 32.1. The normalized spacial score (nSPS) is 18.1. The molecule has 23 heavy (non-hydrogen) atoms. The Morgan fingerprint density at radius 2 is 2.35 bits per heavy atom. The number of hydrogen-bond donors (Lipinski definition) is 2. The molecule has 0 aromatic carbocycles. The Morgan fingerprint density at radius 3 is 3.09 bits per heavy atom. The Kier molecular flexibility index (Phi) is 3.48. The summed E-state index contributed by atoms with van der Waals surface area (Å²) in [6, 6.07) is 5.94. The van der Waals surface area contributed by atoms with Crippen LogP contribution in [0.2, 0.25) is 0 Å². The van der Waals surface area contributed by atoms with E-state index >= 15 is 0 Å². The highest BCUT2D eigenvalue weighted by Crippen LogP contribution is 2.31. The molecule has 3 aromatic rings. The van der Waals surface area contributed by atoms with E-state index in [1.807, 2.05) is 16.5 Å². The molecular formula is C16H16N6S. The van der Waals surface area contributed by atoms with Gasteiger partial charge in [-0.15, -0.1) is 11.3 Å². The van der Waals surface area contributed by atoms with E-state index in [1.165, 1.54) is 11.3 Å². The summed E-state index contributed by atoms with van der Waals surface area (Å²) in [6.45, 7) is 2.02. The second-order valence-corrected chi connectivity index (χ2v) is 6.79. The zero-order valence-electron chi connectivity index (χ0n) is 12.5. The molecule has 0 unspecified atom stereocenters. The van der Waals surface area contributed by atoms with Crippen LogP contribution >= 0.6 is 11.3 Å². The SMILES string of the molecule is N#Cc1ccc(-c2cnc(N)c3nc([C@H]4CCCNC4)cn23)s1. The maximum atomic E-state index is 9.03. The summed E-state index contributed by atoms with van der Waals surface area (Å²) in [6.07, 6.45) is 6.11. The van der Waals surface area contributed by atoms with Crippen LogP contribution in [0, 0.1) is 11.3 Å². The second-order valence-electron chi connectivity index (χ2n) is 5.71. The molecule has 0 bridgehead atoms. The molecule has 0 amide bonds. The van der Waals surface area contributed by atoms with Gasteiger partial charge < -0.3 is 11.1 Å². The first-order valence-electron chi connectivity index (χ1n) is 7.61. The van der Waals surface area contributed by atoms with Crippen molar-refractivity contribution in [1.82, 2.24) is 19.7 Å². The lowest BCUT2D eigenvalue weighted by Gasteiger charge is -2.20. The minimum Gasteiger partial charge on any atom is -0.381 e.